The van der Waals surface area contributed by atoms with Crippen LogP contribution in [0.4, 0.5) is 0 Å². The summed E-state index contributed by atoms with van der Waals surface area (Å²) in [5, 5.41) is 16.2. The van der Waals surface area contributed by atoms with Crippen molar-refractivity contribution in [3.63, 3.8) is 0 Å². The molecule has 1 aliphatic rings. The van der Waals surface area contributed by atoms with Crippen LogP contribution >= 0.6 is 24.0 Å². The van der Waals surface area contributed by atoms with Gasteiger partial charge in [0.2, 0.25) is 10.0 Å². The van der Waals surface area contributed by atoms with E-state index in [1.54, 1.807) is 18.2 Å². The van der Waals surface area contributed by atoms with Crippen molar-refractivity contribution in [1.82, 2.24) is 15.4 Å². The third-order valence-electron chi connectivity index (χ3n) is 5.43. The highest BCUT2D eigenvalue weighted by Gasteiger charge is 2.31. The Balaban J connectivity index is 0.00000420. The molecule has 0 amide bonds. The summed E-state index contributed by atoms with van der Waals surface area (Å²) in [6.07, 6.45) is 6.76. The van der Waals surface area contributed by atoms with Crippen molar-refractivity contribution in [3.8, 4) is 0 Å². The van der Waals surface area contributed by atoms with Gasteiger partial charge in [0.05, 0.1) is 11.4 Å². The highest BCUT2D eigenvalue weighted by molar-refractivity contribution is 14.0. The van der Waals surface area contributed by atoms with Crippen LogP contribution in [0.25, 0.3) is 0 Å². The maximum atomic E-state index is 12.0. The number of halogens is 1. The van der Waals surface area contributed by atoms with Crippen molar-refractivity contribution < 1.29 is 13.5 Å². The molecule has 0 aromatic heterocycles. The lowest BCUT2D eigenvalue weighted by atomic mass is 9.72. The zero-order chi connectivity index (χ0) is 20.5. The molecule has 1 aliphatic carbocycles. The standard InChI is InChI=1S/C20H34N4O3S.HI/c1-3-22-19(24-16-20(12-13-25)10-5-4-6-11-20)23-15-17-8-7-9-18(14-17)28(26,27)21-2;/h7-9,14,21,25H,3-6,10-13,15-16H2,1-2H3,(H2,22,23,24);1H. The summed E-state index contributed by atoms with van der Waals surface area (Å²) in [6, 6.07) is 6.82. The van der Waals surface area contributed by atoms with Crippen molar-refractivity contribution in [3.05, 3.63) is 29.8 Å². The number of benzene rings is 1. The van der Waals surface area contributed by atoms with E-state index < -0.39 is 10.0 Å². The van der Waals surface area contributed by atoms with E-state index in [2.05, 4.69) is 20.3 Å². The molecule has 1 aromatic carbocycles. The number of sulfonamides is 1. The van der Waals surface area contributed by atoms with Crippen molar-refractivity contribution >= 4 is 40.0 Å². The quantitative estimate of drug-likeness (QED) is 0.220. The highest BCUT2D eigenvalue weighted by Crippen LogP contribution is 2.38. The molecule has 2 rings (SSSR count). The molecular weight excluding hydrogens is 503 g/mol. The van der Waals surface area contributed by atoms with E-state index in [-0.39, 0.29) is 40.9 Å². The zero-order valence-electron chi connectivity index (χ0n) is 17.4. The van der Waals surface area contributed by atoms with Crippen LogP contribution in [0.2, 0.25) is 0 Å². The average Bonchev–Trinajstić information content (AvgIpc) is 2.71. The number of aliphatic hydroxyl groups is 1. The van der Waals surface area contributed by atoms with Crippen LogP contribution < -0.4 is 15.4 Å². The fraction of sp³-hybridized carbons (Fsp3) is 0.650. The van der Waals surface area contributed by atoms with Gasteiger partial charge >= 0.3 is 0 Å². The van der Waals surface area contributed by atoms with Gasteiger partial charge in [-0.1, -0.05) is 31.4 Å². The fourth-order valence-electron chi connectivity index (χ4n) is 3.77. The Morgan fingerprint density at radius 3 is 2.55 bits per heavy atom. The molecule has 4 N–H and O–H groups in total. The van der Waals surface area contributed by atoms with Crippen molar-refractivity contribution in [2.45, 2.75) is 56.9 Å². The first-order valence-electron chi connectivity index (χ1n) is 10.1. The summed E-state index contributed by atoms with van der Waals surface area (Å²) in [6.45, 7) is 4.14. The van der Waals surface area contributed by atoms with Crippen LogP contribution in [0.5, 0.6) is 0 Å². The lowest BCUT2D eigenvalue weighted by Gasteiger charge is -2.37. The van der Waals surface area contributed by atoms with Gasteiger partial charge in [0.1, 0.15) is 0 Å². The fourth-order valence-corrected chi connectivity index (χ4v) is 4.57. The largest absolute Gasteiger partial charge is 0.396 e. The van der Waals surface area contributed by atoms with Crippen LogP contribution in [0, 0.1) is 5.41 Å². The van der Waals surface area contributed by atoms with Crippen LogP contribution in [-0.4, -0.2) is 46.2 Å². The third-order valence-corrected chi connectivity index (χ3v) is 6.84. The zero-order valence-corrected chi connectivity index (χ0v) is 20.6. The minimum Gasteiger partial charge on any atom is -0.396 e. The van der Waals surface area contributed by atoms with Gasteiger partial charge in [-0.25, -0.2) is 18.1 Å². The van der Waals surface area contributed by atoms with Crippen molar-refractivity contribution in [1.29, 1.82) is 0 Å². The molecule has 9 heteroatoms. The first-order valence-corrected chi connectivity index (χ1v) is 11.6. The lowest BCUT2D eigenvalue weighted by molar-refractivity contribution is 0.131. The first kappa shape index (κ1) is 26.1. The van der Waals surface area contributed by atoms with Gasteiger partial charge in [-0.15, -0.1) is 24.0 Å². The van der Waals surface area contributed by atoms with E-state index in [4.69, 9.17) is 0 Å². The number of hydrogen-bond acceptors (Lipinski definition) is 4. The SMILES string of the molecule is CCNC(=NCc1cccc(S(=O)(=O)NC)c1)NCC1(CCO)CCCCC1.I. The van der Waals surface area contributed by atoms with Crippen molar-refractivity contribution in [2.75, 3.05) is 26.7 Å². The molecule has 0 atom stereocenters. The minimum atomic E-state index is -3.46. The number of rotatable bonds is 9. The molecular formula is C20H35IN4O3S. The van der Waals surface area contributed by atoms with Crippen LogP contribution in [0.15, 0.2) is 34.2 Å². The average molecular weight is 538 g/mol. The van der Waals surface area contributed by atoms with Crippen molar-refractivity contribution in [2.24, 2.45) is 10.4 Å². The number of hydrogen-bond donors (Lipinski definition) is 4. The van der Waals surface area contributed by atoms with E-state index in [1.807, 2.05) is 13.0 Å². The van der Waals surface area contributed by atoms with Gasteiger partial charge in [-0.2, -0.15) is 0 Å². The molecule has 0 bridgehead atoms. The molecule has 0 aliphatic heterocycles. The summed E-state index contributed by atoms with van der Waals surface area (Å²) in [5.41, 5.74) is 0.959. The molecule has 0 spiro atoms. The molecule has 0 radical (unpaired) electrons. The number of nitrogens with one attached hydrogen (secondary N) is 3. The lowest BCUT2D eigenvalue weighted by Crippen LogP contribution is -2.44. The number of aliphatic hydroxyl groups excluding tert-OH is 1. The predicted octanol–water partition coefficient (Wildman–Crippen LogP) is 2.60. The molecule has 1 aromatic rings. The Morgan fingerprint density at radius 2 is 1.93 bits per heavy atom. The summed E-state index contributed by atoms with van der Waals surface area (Å²) < 4.78 is 26.3. The Hall–Kier alpha value is -0.910. The summed E-state index contributed by atoms with van der Waals surface area (Å²) >= 11 is 0. The predicted molar refractivity (Wildman–Crippen MR) is 128 cm³/mol. The molecule has 0 saturated heterocycles. The topological polar surface area (TPSA) is 103 Å². The Bertz CT molecular complexity index is 744. The summed E-state index contributed by atoms with van der Waals surface area (Å²) in [7, 11) is -2.06. The molecule has 1 fully saturated rings. The van der Waals surface area contributed by atoms with E-state index in [9.17, 15) is 13.5 Å². The molecule has 29 heavy (non-hydrogen) atoms. The molecule has 166 valence electrons. The second kappa shape index (κ2) is 12.7. The van der Waals surface area contributed by atoms with Gasteiger partial charge in [0.15, 0.2) is 5.96 Å². The monoisotopic (exact) mass is 538 g/mol. The smallest absolute Gasteiger partial charge is 0.240 e. The molecule has 7 nitrogen and oxygen atoms in total. The second-order valence-electron chi connectivity index (χ2n) is 7.44. The number of aliphatic imine (C=N–C) groups is 1. The van der Waals surface area contributed by atoms with Gasteiger partial charge in [0, 0.05) is 19.7 Å². The van der Waals surface area contributed by atoms with E-state index >= 15 is 0 Å². The van der Waals surface area contributed by atoms with Gasteiger partial charge in [-0.05, 0) is 56.3 Å². The van der Waals surface area contributed by atoms with Crippen LogP contribution in [-0.2, 0) is 16.6 Å². The summed E-state index contributed by atoms with van der Waals surface area (Å²) in [4.78, 5) is 4.87. The maximum absolute atomic E-state index is 12.0. The van der Waals surface area contributed by atoms with Crippen LogP contribution in [0.3, 0.4) is 0 Å². The highest BCUT2D eigenvalue weighted by atomic mass is 127. The van der Waals surface area contributed by atoms with Gasteiger partial charge < -0.3 is 15.7 Å². The Labute approximate surface area is 192 Å². The number of nitrogens with zero attached hydrogens (tertiary/aromatic N) is 1. The third kappa shape index (κ3) is 8.03. The molecule has 0 heterocycles. The summed E-state index contributed by atoms with van der Waals surface area (Å²) in [5.74, 6) is 0.715. The number of guanidine groups is 1. The van der Waals surface area contributed by atoms with Gasteiger partial charge in [0.25, 0.3) is 0 Å². The minimum absolute atomic E-state index is 0. The van der Waals surface area contributed by atoms with E-state index in [1.165, 1.54) is 26.3 Å². The van der Waals surface area contributed by atoms with E-state index in [0.29, 0.717) is 12.5 Å². The van der Waals surface area contributed by atoms with Gasteiger partial charge in [-0.3, -0.25) is 0 Å². The Morgan fingerprint density at radius 1 is 1.21 bits per heavy atom. The van der Waals surface area contributed by atoms with Crippen LogP contribution in [0.1, 0.15) is 51.0 Å². The first-order chi connectivity index (χ1) is 13.4. The molecule has 0 unspecified atom stereocenters. The normalized spacial score (nSPS) is 16.7. The second-order valence-corrected chi connectivity index (χ2v) is 9.32. The molecule has 1 saturated carbocycles. The van der Waals surface area contributed by atoms with E-state index in [0.717, 1.165) is 37.9 Å². The Kier molecular flexibility index (Phi) is 11.4. The maximum Gasteiger partial charge on any atom is 0.240 e.